The van der Waals surface area contributed by atoms with E-state index < -0.39 is 17.6 Å². The molecule has 0 aliphatic heterocycles. The highest BCUT2D eigenvalue weighted by atomic mass is 16.6. The molecule has 7 nitrogen and oxygen atoms in total. The first-order valence-electron chi connectivity index (χ1n) is 7.35. The normalized spacial score (nSPS) is 11.5. The Kier molecular flexibility index (Phi) is 8.87. The van der Waals surface area contributed by atoms with Crippen LogP contribution in [0, 0.1) is 11.3 Å². The van der Waals surface area contributed by atoms with E-state index in [1.165, 1.54) is 6.20 Å². The highest BCUT2D eigenvalue weighted by molar-refractivity contribution is 5.97. The van der Waals surface area contributed by atoms with Gasteiger partial charge in [0, 0.05) is 25.8 Å². The molecule has 0 saturated carbocycles. The lowest BCUT2D eigenvalue weighted by molar-refractivity contribution is -0.117. The Labute approximate surface area is 132 Å². The van der Waals surface area contributed by atoms with Crippen molar-refractivity contribution in [3.63, 3.8) is 0 Å². The summed E-state index contributed by atoms with van der Waals surface area (Å²) in [6.45, 7) is 8.03. The third kappa shape index (κ3) is 8.27. The van der Waals surface area contributed by atoms with Crippen molar-refractivity contribution in [1.82, 2.24) is 10.2 Å². The van der Waals surface area contributed by atoms with Crippen LogP contribution in [0.15, 0.2) is 11.8 Å². The van der Waals surface area contributed by atoms with Gasteiger partial charge in [-0.15, -0.1) is 0 Å². The van der Waals surface area contributed by atoms with E-state index in [-0.39, 0.29) is 18.7 Å². The lowest BCUT2D eigenvalue weighted by atomic mass is 10.2. The fourth-order valence-corrected chi connectivity index (χ4v) is 1.44. The third-order valence-corrected chi connectivity index (χ3v) is 2.46. The Balaban J connectivity index is 5.02. The van der Waals surface area contributed by atoms with Crippen LogP contribution < -0.4 is 11.1 Å². The molecule has 0 rings (SSSR count). The molecule has 0 aliphatic rings. The molecule has 0 spiro atoms. The van der Waals surface area contributed by atoms with Gasteiger partial charge < -0.3 is 15.8 Å². The van der Waals surface area contributed by atoms with Gasteiger partial charge in [-0.1, -0.05) is 13.3 Å². The number of carbonyl (C=O) groups excluding carboxylic acids is 2. The van der Waals surface area contributed by atoms with Gasteiger partial charge in [-0.05, 0) is 27.2 Å². The molecule has 0 aromatic rings. The minimum Gasteiger partial charge on any atom is -0.443 e. The Morgan fingerprint density at radius 3 is 2.50 bits per heavy atom. The van der Waals surface area contributed by atoms with Crippen LogP contribution in [0.1, 0.15) is 40.5 Å². The number of hydrogen-bond acceptors (Lipinski definition) is 5. The van der Waals surface area contributed by atoms with Crippen molar-refractivity contribution in [2.24, 2.45) is 5.73 Å². The molecule has 124 valence electrons. The van der Waals surface area contributed by atoms with Crippen LogP contribution in [0.2, 0.25) is 0 Å². The summed E-state index contributed by atoms with van der Waals surface area (Å²) in [5, 5.41) is 11.7. The van der Waals surface area contributed by atoms with E-state index in [0.29, 0.717) is 6.54 Å². The Morgan fingerprint density at radius 2 is 2.05 bits per heavy atom. The summed E-state index contributed by atoms with van der Waals surface area (Å²) in [6, 6.07) is 1.79. The van der Waals surface area contributed by atoms with Crippen molar-refractivity contribution in [2.75, 3.05) is 19.6 Å². The second-order valence-electron chi connectivity index (χ2n) is 5.73. The van der Waals surface area contributed by atoms with Crippen LogP contribution in [-0.4, -0.2) is 42.1 Å². The zero-order chi connectivity index (χ0) is 17.2. The first-order chi connectivity index (χ1) is 10.2. The van der Waals surface area contributed by atoms with Crippen molar-refractivity contribution >= 4 is 12.0 Å². The monoisotopic (exact) mass is 310 g/mol. The van der Waals surface area contributed by atoms with Gasteiger partial charge in [-0.25, -0.2) is 4.79 Å². The molecular weight excluding hydrogens is 284 g/mol. The maximum Gasteiger partial charge on any atom is 0.414 e. The number of rotatable bonds is 7. The molecule has 0 aromatic heterocycles. The lowest BCUT2D eigenvalue weighted by Gasteiger charge is -2.25. The zero-order valence-corrected chi connectivity index (χ0v) is 13.8. The lowest BCUT2D eigenvalue weighted by Crippen LogP contribution is -2.37. The Hall–Kier alpha value is -2.07. The highest BCUT2D eigenvalue weighted by Crippen LogP contribution is 2.11. The fourth-order valence-electron chi connectivity index (χ4n) is 1.44. The molecule has 0 radical (unpaired) electrons. The molecule has 0 saturated heterocycles. The number of amides is 2. The number of hydrogen-bond donors (Lipinski definition) is 2. The molecule has 3 N–H and O–H groups in total. The minimum absolute atomic E-state index is 0.155. The quantitative estimate of drug-likeness (QED) is 0.421. The van der Waals surface area contributed by atoms with E-state index in [0.717, 1.165) is 17.7 Å². The fraction of sp³-hybridized carbons (Fsp3) is 0.667. The van der Waals surface area contributed by atoms with Crippen molar-refractivity contribution in [3.05, 3.63) is 11.8 Å². The molecule has 0 aromatic carbocycles. The summed E-state index contributed by atoms with van der Waals surface area (Å²) in [6.07, 6.45) is 2.29. The van der Waals surface area contributed by atoms with Gasteiger partial charge in [0.15, 0.2) is 0 Å². The van der Waals surface area contributed by atoms with E-state index in [4.69, 9.17) is 15.7 Å². The largest absolute Gasteiger partial charge is 0.443 e. The van der Waals surface area contributed by atoms with Crippen molar-refractivity contribution < 1.29 is 14.3 Å². The molecular formula is C15H26N4O3. The predicted molar refractivity (Wildman–Crippen MR) is 83.6 cm³/mol. The highest BCUT2D eigenvalue weighted by Gasteiger charge is 2.22. The maximum absolute atomic E-state index is 12.0. The average Bonchev–Trinajstić information content (AvgIpc) is 2.41. The van der Waals surface area contributed by atoms with Crippen LogP contribution in [0.25, 0.3) is 0 Å². The molecule has 0 aliphatic carbocycles. The maximum atomic E-state index is 12.0. The van der Waals surface area contributed by atoms with Gasteiger partial charge in [-0.3, -0.25) is 9.69 Å². The van der Waals surface area contributed by atoms with Gasteiger partial charge >= 0.3 is 6.09 Å². The van der Waals surface area contributed by atoms with Gasteiger partial charge in [-0.2, -0.15) is 5.26 Å². The first kappa shape index (κ1) is 19.9. The third-order valence-electron chi connectivity index (χ3n) is 2.46. The van der Waals surface area contributed by atoms with Gasteiger partial charge in [0.1, 0.15) is 17.2 Å². The van der Waals surface area contributed by atoms with Crippen LogP contribution in [-0.2, 0) is 9.53 Å². The van der Waals surface area contributed by atoms with Crippen molar-refractivity contribution in [3.8, 4) is 6.07 Å². The zero-order valence-electron chi connectivity index (χ0n) is 13.8. The Morgan fingerprint density at radius 1 is 1.41 bits per heavy atom. The van der Waals surface area contributed by atoms with Gasteiger partial charge in [0.2, 0.25) is 0 Å². The molecule has 22 heavy (non-hydrogen) atoms. The smallest absolute Gasteiger partial charge is 0.414 e. The molecule has 0 unspecified atom stereocenters. The SMILES string of the molecule is CCCCNC(=O)/C(C#N)=C\N(CCN)C(=O)OC(C)(C)C. The Bertz CT molecular complexity index is 447. The number of nitrogens with two attached hydrogens (primary N) is 1. The summed E-state index contributed by atoms with van der Waals surface area (Å²) < 4.78 is 5.22. The summed E-state index contributed by atoms with van der Waals surface area (Å²) in [7, 11) is 0. The van der Waals surface area contributed by atoms with Crippen LogP contribution in [0.4, 0.5) is 4.79 Å². The minimum atomic E-state index is -0.673. The summed E-state index contributed by atoms with van der Waals surface area (Å²) in [5.74, 6) is -0.512. The number of nitriles is 1. The number of ether oxygens (including phenoxy) is 1. The number of unbranched alkanes of at least 4 members (excludes halogenated alkanes) is 1. The van der Waals surface area contributed by atoms with Crippen molar-refractivity contribution in [2.45, 2.75) is 46.1 Å². The number of nitrogens with zero attached hydrogens (tertiary/aromatic N) is 2. The number of carbonyl (C=O) groups is 2. The van der Waals surface area contributed by atoms with Crippen LogP contribution in [0.5, 0.6) is 0 Å². The van der Waals surface area contributed by atoms with E-state index in [1.54, 1.807) is 26.8 Å². The topological polar surface area (TPSA) is 108 Å². The van der Waals surface area contributed by atoms with Crippen LogP contribution in [0.3, 0.4) is 0 Å². The summed E-state index contributed by atoms with van der Waals surface area (Å²) in [4.78, 5) is 25.1. The average molecular weight is 310 g/mol. The van der Waals surface area contributed by atoms with Gasteiger partial charge in [0.25, 0.3) is 5.91 Å². The first-order valence-corrected chi connectivity index (χ1v) is 7.35. The predicted octanol–water partition coefficient (Wildman–Crippen LogP) is 1.51. The second kappa shape index (κ2) is 9.79. The van der Waals surface area contributed by atoms with Crippen LogP contribution >= 0.6 is 0 Å². The standard InChI is InChI=1S/C15H26N4O3/c1-5-6-8-18-13(20)12(10-17)11-19(9-7-16)14(21)22-15(2,3)4/h11H,5-9,16H2,1-4H3,(H,18,20)/b12-11-. The van der Waals surface area contributed by atoms with E-state index >= 15 is 0 Å². The molecule has 0 bridgehead atoms. The molecule has 0 heterocycles. The molecule has 7 heteroatoms. The second-order valence-corrected chi connectivity index (χ2v) is 5.73. The van der Waals surface area contributed by atoms with E-state index in [2.05, 4.69) is 5.32 Å². The molecule has 0 fully saturated rings. The molecule has 2 amide bonds. The summed E-state index contributed by atoms with van der Waals surface area (Å²) >= 11 is 0. The van der Waals surface area contributed by atoms with E-state index in [1.807, 2.05) is 6.92 Å². The van der Waals surface area contributed by atoms with E-state index in [9.17, 15) is 9.59 Å². The molecule has 0 atom stereocenters. The van der Waals surface area contributed by atoms with Gasteiger partial charge in [0.05, 0.1) is 0 Å². The van der Waals surface area contributed by atoms with Crippen molar-refractivity contribution in [1.29, 1.82) is 5.26 Å². The number of nitrogens with one attached hydrogen (secondary N) is 1. The summed E-state index contributed by atoms with van der Waals surface area (Å²) in [5.41, 5.74) is 4.63.